The Kier molecular flexibility index (Phi) is 3.85. The van der Waals surface area contributed by atoms with E-state index in [0.717, 1.165) is 5.32 Å². The largest absolute Gasteiger partial charge is 0.460 e. The molecule has 1 saturated heterocycles. The van der Waals surface area contributed by atoms with Crippen LogP contribution in [0.1, 0.15) is 0 Å². The fraction of sp³-hybridized carbons (Fsp3) is 0.750. The van der Waals surface area contributed by atoms with Crippen molar-refractivity contribution in [3.05, 3.63) is 0 Å². The van der Waals surface area contributed by atoms with Crippen LogP contribution < -0.4 is 10.6 Å². The van der Waals surface area contributed by atoms with Crippen molar-refractivity contribution in [2.75, 3.05) is 6.54 Å². The lowest BCUT2D eigenvalue weighted by Crippen LogP contribution is -2.68. The van der Waals surface area contributed by atoms with Gasteiger partial charge in [0.1, 0.15) is 5.92 Å². The van der Waals surface area contributed by atoms with E-state index in [4.69, 9.17) is 0 Å². The monoisotopic (exact) mass is 332 g/mol. The molecule has 2 N–H and O–H groups in total. The second-order valence-electron chi connectivity index (χ2n) is 4.02. The van der Waals surface area contributed by atoms with Crippen molar-refractivity contribution in [1.29, 1.82) is 0 Å². The number of nitrogens with one attached hydrogen (secondary N) is 2. The standard InChI is InChI=1S/C8H5F9N2O2/c9-5(10,2-1-18-4(21)19-3(2)20)6(11,12)7(13,14)8(15,16)17/h2H,1H2,(H2,18,19,20,21). The molecule has 0 aliphatic carbocycles. The third-order valence-electron chi connectivity index (χ3n) is 2.63. The summed E-state index contributed by atoms with van der Waals surface area (Å²) in [6.07, 6.45) is -6.96. The molecule has 0 bridgehead atoms. The molecule has 0 spiro atoms. The van der Waals surface area contributed by atoms with E-state index in [1.54, 1.807) is 0 Å². The van der Waals surface area contributed by atoms with Crippen molar-refractivity contribution in [2.45, 2.75) is 23.9 Å². The number of carbonyl (C=O) groups excluding carboxylic acids is 2. The fourth-order valence-electron chi connectivity index (χ4n) is 1.43. The molecular weight excluding hydrogens is 327 g/mol. The van der Waals surface area contributed by atoms with Crippen LogP contribution in [0.15, 0.2) is 0 Å². The first-order valence-corrected chi connectivity index (χ1v) is 4.95. The minimum atomic E-state index is -7.08. The molecule has 1 rings (SSSR count). The first-order chi connectivity index (χ1) is 9.16. The molecule has 3 amide bonds. The van der Waals surface area contributed by atoms with Gasteiger partial charge in [-0.1, -0.05) is 0 Å². The van der Waals surface area contributed by atoms with Crippen molar-refractivity contribution < 1.29 is 49.1 Å². The zero-order valence-corrected chi connectivity index (χ0v) is 9.50. The predicted molar refractivity (Wildman–Crippen MR) is 45.9 cm³/mol. The molecule has 0 radical (unpaired) electrons. The highest BCUT2D eigenvalue weighted by Gasteiger charge is 2.83. The molecule has 1 aliphatic heterocycles. The summed E-state index contributed by atoms with van der Waals surface area (Å²) in [7, 11) is 0. The Hall–Kier alpha value is -1.69. The van der Waals surface area contributed by atoms with Crippen molar-refractivity contribution in [1.82, 2.24) is 10.6 Å². The van der Waals surface area contributed by atoms with Crippen molar-refractivity contribution in [3.63, 3.8) is 0 Å². The predicted octanol–water partition coefficient (Wildman–Crippen LogP) is 1.91. The van der Waals surface area contributed by atoms with Gasteiger partial charge < -0.3 is 5.32 Å². The third kappa shape index (κ3) is 2.48. The zero-order valence-electron chi connectivity index (χ0n) is 9.50. The van der Waals surface area contributed by atoms with E-state index in [9.17, 15) is 49.1 Å². The number of halogens is 9. The van der Waals surface area contributed by atoms with Crippen molar-refractivity contribution in [2.24, 2.45) is 5.92 Å². The van der Waals surface area contributed by atoms with E-state index < -0.39 is 48.3 Å². The van der Waals surface area contributed by atoms with Crippen LogP contribution in [0.25, 0.3) is 0 Å². The van der Waals surface area contributed by atoms with E-state index in [-0.39, 0.29) is 0 Å². The van der Waals surface area contributed by atoms with Gasteiger partial charge in [-0.25, -0.2) is 4.79 Å². The molecule has 122 valence electrons. The lowest BCUT2D eigenvalue weighted by atomic mass is 9.90. The summed E-state index contributed by atoms with van der Waals surface area (Å²) >= 11 is 0. The number of rotatable bonds is 3. The second-order valence-corrected chi connectivity index (χ2v) is 4.02. The average molecular weight is 332 g/mol. The average Bonchev–Trinajstić information content (AvgIpc) is 2.26. The first kappa shape index (κ1) is 17.4. The Morgan fingerprint density at radius 2 is 1.33 bits per heavy atom. The van der Waals surface area contributed by atoms with Crippen LogP contribution in [-0.2, 0) is 4.79 Å². The quantitative estimate of drug-likeness (QED) is 0.776. The molecule has 0 aromatic heterocycles. The normalized spacial score (nSPS) is 21.9. The number of alkyl halides is 9. The molecule has 1 unspecified atom stereocenters. The summed E-state index contributed by atoms with van der Waals surface area (Å²) in [5, 5.41) is 2.49. The van der Waals surface area contributed by atoms with Gasteiger partial charge >= 0.3 is 30.0 Å². The van der Waals surface area contributed by atoms with Crippen LogP contribution in [0.3, 0.4) is 0 Å². The number of urea groups is 1. The summed E-state index contributed by atoms with van der Waals surface area (Å²) in [6, 6.07) is -1.38. The number of hydrogen-bond acceptors (Lipinski definition) is 2. The highest BCUT2D eigenvalue weighted by atomic mass is 19.4. The maximum atomic E-state index is 13.3. The Balaban J connectivity index is 3.22. The summed E-state index contributed by atoms with van der Waals surface area (Å²) in [6.45, 7) is -1.53. The molecular formula is C8H5F9N2O2. The number of imide groups is 1. The first-order valence-electron chi connectivity index (χ1n) is 4.95. The molecule has 1 aliphatic rings. The van der Waals surface area contributed by atoms with Gasteiger partial charge in [-0.3, -0.25) is 10.1 Å². The highest BCUT2D eigenvalue weighted by Crippen LogP contribution is 2.55. The highest BCUT2D eigenvalue weighted by molar-refractivity contribution is 5.98. The van der Waals surface area contributed by atoms with Crippen LogP contribution in [0.2, 0.25) is 0 Å². The van der Waals surface area contributed by atoms with Gasteiger partial charge in [0.15, 0.2) is 0 Å². The lowest BCUT2D eigenvalue weighted by Gasteiger charge is -2.38. The van der Waals surface area contributed by atoms with E-state index in [2.05, 4.69) is 0 Å². The molecule has 1 atom stereocenters. The second kappa shape index (κ2) is 4.66. The molecule has 1 heterocycles. The van der Waals surface area contributed by atoms with E-state index in [1.165, 1.54) is 5.32 Å². The Bertz CT molecular complexity index is 459. The number of amides is 3. The third-order valence-corrected chi connectivity index (χ3v) is 2.63. The summed E-state index contributed by atoms with van der Waals surface area (Å²) < 4.78 is 113. The fourth-order valence-corrected chi connectivity index (χ4v) is 1.43. The van der Waals surface area contributed by atoms with Gasteiger partial charge in [-0.2, -0.15) is 39.5 Å². The zero-order chi connectivity index (χ0) is 16.9. The van der Waals surface area contributed by atoms with Gasteiger partial charge in [0, 0.05) is 6.54 Å². The van der Waals surface area contributed by atoms with E-state index in [1.807, 2.05) is 0 Å². The van der Waals surface area contributed by atoms with Crippen molar-refractivity contribution in [3.8, 4) is 0 Å². The summed E-state index contributed by atoms with van der Waals surface area (Å²) in [5.74, 6) is -25.4. The van der Waals surface area contributed by atoms with Gasteiger partial charge in [-0.05, 0) is 0 Å². The number of carbonyl (C=O) groups is 2. The SMILES string of the molecule is O=C1NCC(C(F)(F)C(F)(F)C(F)(F)C(F)(F)F)C(=O)N1. The van der Waals surface area contributed by atoms with Crippen LogP contribution in [0.4, 0.5) is 44.3 Å². The van der Waals surface area contributed by atoms with E-state index >= 15 is 0 Å². The molecule has 0 saturated carbocycles. The topological polar surface area (TPSA) is 58.2 Å². The van der Waals surface area contributed by atoms with Crippen LogP contribution in [-0.4, -0.2) is 42.4 Å². The smallest absolute Gasteiger partial charge is 0.337 e. The Labute approximate surface area is 109 Å². The molecule has 4 nitrogen and oxygen atoms in total. The summed E-state index contributed by atoms with van der Waals surface area (Å²) in [5.41, 5.74) is 0. The summed E-state index contributed by atoms with van der Waals surface area (Å²) in [4.78, 5) is 21.5. The number of hydrogen-bond donors (Lipinski definition) is 2. The van der Waals surface area contributed by atoms with Crippen molar-refractivity contribution >= 4 is 11.9 Å². The molecule has 21 heavy (non-hydrogen) atoms. The van der Waals surface area contributed by atoms with E-state index in [0.29, 0.717) is 0 Å². The van der Waals surface area contributed by atoms with Crippen LogP contribution >= 0.6 is 0 Å². The van der Waals surface area contributed by atoms with Crippen LogP contribution in [0.5, 0.6) is 0 Å². The minimum Gasteiger partial charge on any atom is -0.337 e. The maximum absolute atomic E-state index is 13.3. The molecule has 13 heteroatoms. The molecule has 0 aromatic carbocycles. The molecule has 0 aromatic rings. The van der Waals surface area contributed by atoms with Gasteiger partial charge in [-0.15, -0.1) is 0 Å². The maximum Gasteiger partial charge on any atom is 0.460 e. The molecule has 1 fully saturated rings. The lowest BCUT2D eigenvalue weighted by molar-refractivity contribution is -0.401. The van der Waals surface area contributed by atoms with Crippen LogP contribution in [0, 0.1) is 5.92 Å². The Morgan fingerprint density at radius 3 is 1.71 bits per heavy atom. The van der Waals surface area contributed by atoms with Gasteiger partial charge in [0.05, 0.1) is 0 Å². The Morgan fingerprint density at radius 1 is 0.857 bits per heavy atom. The van der Waals surface area contributed by atoms with Gasteiger partial charge in [0.2, 0.25) is 5.91 Å². The van der Waals surface area contributed by atoms with Gasteiger partial charge in [0.25, 0.3) is 0 Å². The minimum absolute atomic E-state index is 1.07.